The molecule has 0 atom stereocenters. The van der Waals surface area contributed by atoms with Crippen LogP contribution in [0, 0.1) is 3.57 Å². The lowest BCUT2D eigenvalue weighted by Crippen LogP contribution is -2.21. The van der Waals surface area contributed by atoms with E-state index in [2.05, 4.69) is 20.4 Å². The number of alkyl halides is 3. The third-order valence-electron chi connectivity index (χ3n) is 3.16. The fourth-order valence-corrected chi connectivity index (χ4v) is 3.50. The summed E-state index contributed by atoms with van der Waals surface area (Å²) in [4.78, 5) is 12.4. The molecule has 0 radical (unpaired) electrons. The lowest BCUT2D eigenvalue weighted by Gasteiger charge is -2.13. The largest absolute Gasteiger partial charge is 0.573 e. The number of benzene rings is 1. The number of aromatic nitrogens is 3. The third-order valence-corrected chi connectivity index (χ3v) is 5.06. The average Bonchev–Trinajstić information content (AvgIpc) is 3.20. The molecule has 0 aliphatic heterocycles. The molecule has 0 spiro atoms. The lowest BCUT2D eigenvalue weighted by molar-refractivity contribution is -0.274. The van der Waals surface area contributed by atoms with Crippen molar-refractivity contribution in [3.63, 3.8) is 0 Å². The second-order valence-electron chi connectivity index (χ2n) is 5.10. The van der Waals surface area contributed by atoms with Crippen LogP contribution in [0.2, 0.25) is 4.34 Å². The number of carbonyl (C=O) groups is 1. The van der Waals surface area contributed by atoms with E-state index in [1.165, 1.54) is 18.3 Å². The molecule has 12 heteroatoms. The molecule has 3 rings (SSSR count). The summed E-state index contributed by atoms with van der Waals surface area (Å²) in [7, 11) is 0. The predicted molar refractivity (Wildman–Crippen MR) is 101 cm³/mol. The second-order valence-corrected chi connectivity index (χ2v) is 8.06. The van der Waals surface area contributed by atoms with E-state index in [1.807, 2.05) is 22.6 Å². The Bertz CT molecular complexity index is 976. The van der Waals surface area contributed by atoms with Crippen molar-refractivity contribution in [2.24, 2.45) is 0 Å². The molecule has 3 aromatic rings. The maximum atomic E-state index is 12.6. The maximum Gasteiger partial charge on any atom is 0.573 e. The van der Waals surface area contributed by atoms with Crippen LogP contribution >= 0.6 is 45.5 Å². The summed E-state index contributed by atoms with van der Waals surface area (Å²) >= 11 is 8.79. The molecule has 1 N–H and O–H groups in total. The third kappa shape index (κ3) is 5.32. The van der Waals surface area contributed by atoms with Gasteiger partial charge in [-0.3, -0.25) is 4.79 Å². The van der Waals surface area contributed by atoms with Crippen LogP contribution in [0.4, 0.5) is 13.2 Å². The van der Waals surface area contributed by atoms with Gasteiger partial charge in [-0.1, -0.05) is 16.8 Å². The molecule has 2 aromatic heterocycles. The van der Waals surface area contributed by atoms with Gasteiger partial charge in [-0.05, 0) is 52.9 Å². The first-order valence-electron chi connectivity index (χ1n) is 7.22. The Morgan fingerprint density at radius 2 is 2.11 bits per heavy atom. The molecule has 27 heavy (non-hydrogen) atoms. The zero-order chi connectivity index (χ0) is 19.6. The first-order chi connectivity index (χ1) is 12.7. The lowest BCUT2D eigenvalue weighted by atomic mass is 10.3. The molecule has 0 bridgehead atoms. The topological polar surface area (TPSA) is 69.0 Å². The molecular formula is C15H9ClF3IN4O2S. The Morgan fingerprint density at radius 3 is 2.78 bits per heavy atom. The van der Waals surface area contributed by atoms with Crippen molar-refractivity contribution < 1.29 is 22.7 Å². The minimum atomic E-state index is -4.83. The normalized spacial score (nSPS) is 11.4. The van der Waals surface area contributed by atoms with Gasteiger partial charge in [0.1, 0.15) is 11.4 Å². The smallest absolute Gasteiger partial charge is 0.403 e. The van der Waals surface area contributed by atoms with Gasteiger partial charge in [0.05, 0.1) is 22.0 Å². The molecule has 0 fully saturated rings. The summed E-state index contributed by atoms with van der Waals surface area (Å²) in [5, 5.41) is 10.3. The quantitative estimate of drug-likeness (QED) is 0.498. The number of nitrogens with zero attached hydrogens (tertiary/aromatic N) is 3. The van der Waals surface area contributed by atoms with E-state index >= 15 is 0 Å². The van der Waals surface area contributed by atoms with Crippen molar-refractivity contribution in [3.05, 3.63) is 55.0 Å². The number of hydrogen-bond donors (Lipinski definition) is 1. The maximum absolute atomic E-state index is 12.6. The van der Waals surface area contributed by atoms with Crippen molar-refractivity contribution in [1.29, 1.82) is 0 Å². The highest BCUT2D eigenvalue weighted by atomic mass is 127. The van der Waals surface area contributed by atoms with Crippen LogP contribution in [0.15, 0.2) is 36.5 Å². The minimum absolute atomic E-state index is 0.0498. The Hall–Kier alpha value is -1.86. The highest BCUT2D eigenvalue weighted by Gasteiger charge is 2.32. The van der Waals surface area contributed by atoms with Crippen LogP contribution in [-0.2, 0) is 6.54 Å². The Kier molecular flexibility index (Phi) is 5.91. The highest BCUT2D eigenvalue weighted by Crippen LogP contribution is 2.30. The molecule has 0 aliphatic rings. The summed E-state index contributed by atoms with van der Waals surface area (Å²) in [5.74, 6) is -0.736. The molecule has 0 unspecified atom stereocenters. The van der Waals surface area contributed by atoms with Gasteiger partial charge in [-0.15, -0.1) is 29.6 Å². The van der Waals surface area contributed by atoms with Crippen molar-refractivity contribution >= 4 is 51.4 Å². The number of nitrogens with one attached hydrogen (secondary N) is 1. The molecule has 1 amide bonds. The Morgan fingerprint density at radius 1 is 1.33 bits per heavy atom. The van der Waals surface area contributed by atoms with Crippen molar-refractivity contribution in [1.82, 2.24) is 20.3 Å². The van der Waals surface area contributed by atoms with E-state index in [4.69, 9.17) is 11.6 Å². The summed E-state index contributed by atoms with van der Waals surface area (Å²) in [6.45, 7) is 0.0498. The van der Waals surface area contributed by atoms with Crippen LogP contribution in [0.3, 0.4) is 0 Å². The average molecular weight is 529 g/mol. The Balaban J connectivity index is 1.75. The van der Waals surface area contributed by atoms with Crippen LogP contribution in [0.5, 0.6) is 5.75 Å². The molecule has 142 valence electrons. The molecule has 6 nitrogen and oxygen atoms in total. The van der Waals surface area contributed by atoms with Gasteiger partial charge >= 0.3 is 6.36 Å². The Labute approximate surface area is 173 Å². The number of thiophene rings is 1. The highest BCUT2D eigenvalue weighted by molar-refractivity contribution is 14.1. The van der Waals surface area contributed by atoms with Crippen LogP contribution in [-0.4, -0.2) is 27.3 Å². The number of carbonyl (C=O) groups excluding carboxylic acids is 1. The summed E-state index contributed by atoms with van der Waals surface area (Å²) in [5.41, 5.74) is 0.436. The van der Waals surface area contributed by atoms with Gasteiger partial charge in [0.15, 0.2) is 5.75 Å². The fraction of sp³-hybridized carbons (Fsp3) is 0.133. The summed E-state index contributed by atoms with van der Waals surface area (Å²) < 4.78 is 44.1. The van der Waals surface area contributed by atoms with Crippen molar-refractivity contribution in [2.75, 3.05) is 0 Å². The summed E-state index contributed by atoms with van der Waals surface area (Å²) in [6.07, 6.45) is -3.42. The van der Waals surface area contributed by atoms with E-state index in [1.54, 1.807) is 18.2 Å². The fourth-order valence-electron chi connectivity index (χ4n) is 2.08. The molecule has 0 saturated heterocycles. The van der Waals surface area contributed by atoms with Crippen molar-refractivity contribution in [2.45, 2.75) is 12.9 Å². The number of ether oxygens (including phenoxy) is 1. The van der Waals surface area contributed by atoms with Gasteiger partial charge in [0.2, 0.25) is 0 Å². The molecule has 1 aromatic carbocycles. The number of halogens is 5. The zero-order valence-electron chi connectivity index (χ0n) is 13.1. The van der Waals surface area contributed by atoms with E-state index in [0.717, 1.165) is 16.0 Å². The molecule has 0 aliphatic carbocycles. The molecule has 0 saturated carbocycles. The van der Waals surface area contributed by atoms with Gasteiger partial charge < -0.3 is 10.1 Å². The molecule has 2 heterocycles. The number of amides is 1. The number of hydrogen-bond acceptors (Lipinski definition) is 5. The minimum Gasteiger partial charge on any atom is -0.403 e. The van der Waals surface area contributed by atoms with Gasteiger partial charge in [0, 0.05) is 3.57 Å². The number of rotatable bonds is 5. The van der Waals surface area contributed by atoms with E-state index < -0.39 is 12.1 Å². The summed E-state index contributed by atoms with van der Waals surface area (Å²) in [6, 6.07) is 7.49. The zero-order valence-corrected chi connectivity index (χ0v) is 16.9. The van der Waals surface area contributed by atoms with Gasteiger partial charge in [0.25, 0.3) is 5.91 Å². The SMILES string of the molecule is O=C(NCc1cn(-c2ccc(I)cc2OC(F)(F)F)nn1)c1ccc(Cl)s1. The standard InChI is InChI=1S/C15H9ClF3IN4O2S/c16-13-4-3-12(27-13)14(25)21-6-9-7-24(23-22-9)10-2-1-8(20)5-11(10)26-15(17,18)19/h1-5,7H,6H2,(H,21,25). The van der Waals surface area contributed by atoms with Crippen molar-refractivity contribution in [3.8, 4) is 11.4 Å². The first kappa shape index (κ1) is 19.9. The van der Waals surface area contributed by atoms with E-state index in [9.17, 15) is 18.0 Å². The molecular weight excluding hydrogens is 520 g/mol. The van der Waals surface area contributed by atoms with Gasteiger partial charge in [-0.2, -0.15) is 0 Å². The van der Waals surface area contributed by atoms with Crippen LogP contribution in [0.25, 0.3) is 5.69 Å². The van der Waals surface area contributed by atoms with Gasteiger partial charge in [-0.25, -0.2) is 4.68 Å². The van der Waals surface area contributed by atoms with Crippen LogP contribution in [0.1, 0.15) is 15.4 Å². The van der Waals surface area contributed by atoms with E-state index in [0.29, 0.717) is 18.5 Å². The monoisotopic (exact) mass is 528 g/mol. The first-order valence-corrected chi connectivity index (χ1v) is 9.49. The van der Waals surface area contributed by atoms with Crippen LogP contribution < -0.4 is 10.1 Å². The van der Waals surface area contributed by atoms with E-state index in [-0.39, 0.29) is 18.1 Å². The predicted octanol–water partition coefficient (Wildman–Crippen LogP) is 4.42. The second kappa shape index (κ2) is 8.02.